The van der Waals surface area contributed by atoms with Gasteiger partial charge in [-0.2, -0.15) is 0 Å². The van der Waals surface area contributed by atoms with Gasteiger partial charge in [0.1, 0.15) is 0 Å². The van der Waals surface area contributed by atoms with Gasteiger partial charge in [0.2, 0.25) is 0 Å². The van der Waals surface area contributed by atoms with Gasteiger partial charge in [-0.05, 0) is 31.2 Å². The monoisotopic (exact) mass is 212 g/mol. The molecule has 2 aliphatic rings. The molecule has 2 fully saturated rings. The molecular weight excluding hydrogens is 188 g/mol. The highest BCUT2D eigenvalue weighted by atomic mass is 16.5. The first-order valence-corrected chi connectivity index (χ1v) is 6.30. The van der Waals surface area contributed by atoms with E-state index >= 15 is 0 Å². The molecule has 1 heterocycles. The number of hydrogen-bond acceptors (Lipinski definition) is 3. The fraction of sp³-hybridized carbons (Fsp3) is 1.00. The number of ether oxygens (including phenoxy) is 1. The van der Waals surface area contributed by atoms with Crippen molar-refractivity contribution < 1.29 is 4.74 Å². The van der Waals surface area contributed by atoms with Crippen LogP contribution in [0.3, 0.4) is 0 Å². The van der Waals surface area contributed by atoms with E-state index < -0.39 is 0 Å². The summed E-state index contributed by atoms with van der Waals surface area (Å²) in [6.45, 7) is 7.49. The first kappa shape index (κ1) is 11.4. The predicted molar refractivity (Wildman–Crippen MR) is 62.1 cm³/mol. The topological polar surface area (TPSA) is 33.3 Å². The molecule has 1 unspecified atom stereocenters. The first-order valence-electron chi connectivity index (χ1n) is 6.30. The maximum Gasteiger partial charge on any atom is 0.0620 e. The molecule has 0 bridgehead atoms. The molecule has 0 spiro atoms. The highest BCUT2D eigenvalue weighted by Gasteiger charge is 2.30. The third-order valence-corrected chi connectivity index (χ3v) is 3.78. The van der Waals surface area contributed by atoms with Crippen molar-refractivity contribution in [3.8, 4) is 0 Å². The fourth-order valence-corrected chi connectivity index (χ4v) is 2.43. The zero-order chi connectivity index (χ0) is 10.6. The van der Waals surface area contributed by atoms with Gasteiger partial charge >= 0.3 is 0 Å². The highest BCUT2D eigenvalue weighted by molar-refractivity contribution is 4.85. The van der Waals surface area contributed by atoms with Crippen molar-refractivity contribution in [2.75, 3.05) is 32.8 Å². The summed E-state index contributed by atoms with van der Waals surface area (Å²) in [5.74, 6) is 0. The van der Waals surface area contributed by atoms with Crippen LogP contribution in [0.1, 0.15) is 32.6 Å². The third-order valence-electron chi connectivity index (χ3n) is 3.78. The molecule has 3 heteroatoms. The van der Waals surface area contributed by atoms with E-state index in [0.717, 1.165) is 26.3 Å². The average molecular weight is 212 g/mol. The molecular formula is C12H24N2O. The number of nitrogens with one attached hydrogen (secondary N) is 2. The van der Waals surface area contributed by atoms with Gasteiger partial charge in [-0.3, -0.25) is 0 Å². The van der Waals surface area contributed by atoms with E-state index in [0.29, 0.717) is 11.5 Å². The summed E-state index contributed by atoms with van der Waals surface area (Å²) in [7, 11) is 0. The minimum Gasteiger partial charge on any atom is -0.379 e. The lowest BCUT2D eigenvalue weighted by Crippen LogP contribution is -2.44. The third kappa shape index (κ3) is 3.44. The summed E-state index contributed by atoms with van der Waals surface area (Å²) in [4.78, 5) is 0. The van der Waals surface area contributed by atoms with Gasteiger partial charge in [-0.25, -0.2) is 0 Å². The molecule has 1 saturated carbocycles. The van der Waals surface area contributed by atoms with Crippen molar-refractivity contribution in [1.82, 2.24) is 10.6 Å². The Labute approximate surface area is 93.0 Å². The van der Waals surface area contributed by atoms with Crippen LogP contribution in [0.2, 0.25) is 0 Å². The van der Waals surface area contributed by atoms with Crippen LogP contribution in [-0.4, -0.2) is 38.9 Å². The molecule has 2 N–H and O–H groups in total. The van der Waals surface area contributed by atoms with Crippen LogP contribution in [-0.2, 0) is 4.74 Å². The number of rotatable bonds is 5. The van der Waals surface area contributed by atoms with Crippen LogP contribution in [0.5, 0.6) is 0 Å². The highest BCUT2D eigenvalue weighted by Crippen LogP contribution is 2.39. The molecule has 0 aromatic heterocycles. The summed E-state index contributed by atoms with van der Waals surface area (Å²) in [6, 6.07) is 0.570. The lowest BCUT2D eigenvalue weighted by molar-refractivity contribution is 0.0734. The van der Waals surface area contributed by atoms with E-state index in [9.17, 15) is 0 Å². The summed E-state index contributed by atoms with van der Waals surface area (Å²) in [5, 5.41) is 7.06. The van der Waals surface area contributed by atoms with Crippen LogP contribution in [0.4, 0.5) is 0 Å². The van der Waals surface area contributed by atoms with E-state index in [4.69, 9.17) is 4.74 Å². The normalized spacial score (nSPS) is 29.8. The molecule has 0 radical (unpaired) electrons. The Bertz CT molecular complexity index is 186. The summed E-state index contributed by atoms with van der Waals surface area (Å²) in [5.41, 5.74) is 0.608. The van der Waals surface area contributed by atoms with Crippen LogP contribution in [0.25, 0.3) is 0 Å². The van der Waals surface area contributed by atoms with Gasteiger partial charge in [-0.1, -0.05) is 13.3 Å². The molecule has 0 aromatic rings. The molecule has 1 aliphatic heterocycles. The molecule has 1 aliphatic carbocycles. The Morgan fingerprint density at radius 2 is 2.33 bits per heavy atom. The number of morpholine rings is 1. The van der Waals surface area contributed by atoms with E-state index in [2.05, 4.69) is 17.6 Å². The van der Waals surface area contributed by atoms with Crippen molar-refractivity contribution >= 4 is 0 Å². The Morgan fingerprint density at radius 1 is 1.47 bits per heavy atom. The first-order chi connectivity index (χ1) is 7.29. The number of hydrogen-bond donors (Lipinski definition) is 2. The summed E-state index contributed by atoms with van der Waals surface area (Å²) < 4.78 is 5.42. The van der Waals surface area contributed by atoms with Crippen LogP contribution < -0.4 is 10.6 Å². The summed E-state index contributed by atoms with van der Waals surface area (Å²) >= 11 is 0. The van der Waals surface area contributed by atoms with Gasteiger partial charge in [-0.15, -0.1) is 0 Å². The molecule has 2 rings (SSSR count). The van der Waals surface area contributed by atoms with Crippen LogP contribution >= 0.6 is 0 Å². The van der Waals surface area contributed by atoms with Gasteiger partial charge in [0, 0.05) is 19.1 Å². The van der Waals surface area contributed by atoms with Crippen molar-refractivity contribution in [3.05, 3.63) is 0 Å². The van der Waals surface area contributed by atoms with E-state index in [1.807, 2.05) is 0 Å². The largest absolute Gasteiger partial charge is 0.379 e. The fourth-order valence-electron chi connectivity index (χ4n) is 2.43. The van der Waals surface area contributed by atoms with Crippen molar-refractivity contribution in [2.45, 2.75) is 38.6 Å². The maximum absolute atomic E-state index is 5.42. The lowest BCUT2D eigenvalue weighted by Gasteiger charge is -2.38. The minimum atomic E-state index is 0.570. The average Bonchev–Trinajstić information content (AvgIpc) is 2.23. The second kappa shape index (κ2) is 5.28. The molecule has 1 atom stereocenters. The molecule has 0 aromatic carbocycles. The van der Waals surface area contributed by atoms with Crippen molar-refractivity contribution in [1.29, 1.82) is 0 Å². The Kier molecular flexibility index (Phi) is 4.00. The van der Waals surface area contributed by atoms with Crippen LogP contribution in [0.15, 0.2) is 0 Å². The quantitative estimate of drug-likeness (QED) is 0.671. The molecule has 15 heavy (non-hydrogen) atoms. The smallest absolute Gasteiger partial charge is 0.0620 e. The SMILES string of the molecule is CC1(CNCCC2COCCN2)CCC1. The lowest BCUT2D eigenvalue weighted by atomic mass is 9.70. The zero-order valence-electron chi connectivity index (χ0n) is 9.85. The predicted octanol–water partition coefficient (Wildman–Crippen LogP) is 1.14. The maximum atomic E-state index is 5.42. The van der Waals surface area contributed by atoms with Gasteiger partial charge in [0.05, 0.1) is 13.2 Å². The minimum absolute atomic E-state index is 0.570. The zero-order valence-corrected chi connectivity index (χ0v) is 9.85. The standard InChI is InChI=1S/C12H24N2O/c1-12(4-2-5-12)10-13-6-3-11-9-15-8-7-14-11/h11,13-14H,2-10H2,1H3. The van der Waals surface area contributed by atoms with Gasteiger partial charge < -0.3 is 15.4 Å². The molecule has 3 nitrogen and oxygen atoms in total. The van der Waals surface area contributed by atoms with Gasteiger partial charge in [0.15, 0.2) is 0 Å². The van der Waals surface area contributed by atoms with Crippen LogP contribution in [0, 0.1) is 5.41 Å². The molecule has 0 amide bonds. The van der Waals surface area contributed by atoms with Crippen molar-refractivity contribution in [2.24, 2.45) is 5.41 Å². The molecule has 1 saturated heterocycles. The Hall–Kier alpha value is -0.120. The van der Waals surface area contributed by atoms with E-state index in [1.54, 1.807) is 0 Å². The van der Waals surface area contributed by atoms with Gasteiger partial charge in [0.25, 0.3) is 0 Å². The van der Waals surface area contributed by atoms with E-state index in [-0.39, 0.29) is 0 Å². The summed E-state index contributed by atoms with van der Waals surface area (Å²) in [6.07, 6.45) is 5.43. The Balaban J connectivity index is 1.50. The Morgan fingerprint density at radius 3 is 2.93 bits per heavy atom. The van der Waals surface area contributed by atoms with E-state index in [1.165, 1.54) is 32.2 Å². The second-order valence-corrected chi connectivity index (χ2v) is 5.36. The van der Waals surface area contributed by atoms with Crippen molar-refractivity contribution in [3.63, 3.8) is 0 Å². The molecule has 88 valence electrons. The second-order valence-electron chi connectivity index (χ2n) is 5.36.